The first-order valence-electron chi connectivity index (χ1n) is 15.0. The van der Waals surface area contributed by atoms with Crippen molar-refractivity contribution in [3.8, 4) is 22.6 Å². The minimum Gasteiger partial charge on any atom is -0.497 e. The number of nitrogens with zero attached hydrogens (tertiary/aromatic N) is 3. The number of rotatable bonds is 8. The molecule has 9 heteroatoms. The molecule has 1 saturated heterocycles. The molecular formula is C35H37ClN4O4. The standard InChI is InChI=1S/C35H37ClN4O4/c1-38-17-7-10-25(38)15-16-37-34(41)32-14-13-26-22-40(31-12-5-4-8-24(31)21-39(26)32)35(42)29-19-30(36)28(20-33(29)44-3)23-9-6-11-27(18-23)43-2/h4-6,8-9,11-14,18-20,25H,7,10,15-17,21-22H2,1-3H3,(H,37,41). The van der Waals surface area contributed by atoms with E-state index in [1.807, 2.05) is 65.2 Å². The number of likely N-dealkylation sites (tertiary alicyclic amines) is 1. The average Bonchev–Trinajstić information content (AvgIpc) is 3.60. The zero-order valence-corrected chi connectivity index (χ0v) is 26.1. The van der Waals surface area contributed by atoms with E-state index < -0.39 is 0 Å². The van der Waals surface area contributed by atoms with Gasteiger partial charge in [-0.05, 0) is 86.4 Å². The number of methoxy groups -OCH3 is 2. The van der Waals surface area contributed by atoms with Crippen LogP contribution in [0.4, 0.5) is 5.69 Å². The van der Waals surface area contributed by atoms with Gasteiger partial charge in [-0.25, -0.2) is 0 Å². The number of fused-ring (bicyclic) bond motifs is 2. The van der Waals surface area contributed by atoms with Crippen molar-refractivity contribution < 1.29 is 19.1 Å². The molecule has 0 saturated carbocycles. The maximum Gasteiger partial charge on any atom is 0.267 e. The Kier molecular flexibility index (Phi) is 8.64. The Morgan fingerprint density at radius 1 is 0.977 bits per heavy atom. The molecule has 3 aromatic carbocycles. The lowest BCUT2D eigenvalue weighted by atomic mass is 10.0. The van der Waals surface area contributed by atoms with Crippen LogP contribution < -0.4 is 19.7 Å². The number of carbonyl (C=O) groups excluding carboxylic acids is 2. The summed E-state index contributed by atoms with van der Waals surface area (Å²) < 4.78 is 13.1. The number of halogens is 1. The lowest BCUT2D eigenvalue weighted by Crippen LogP contribution is -2.33. The van der Waals surface area contributed by atoms with Crippen LogP contribution >= 0.6 is 11.6 Å². The third-order valence-corrected chi connectivity index (χ3v) is 9.13. The Balaban J connectivity index is 1.29. The molecule has 1 atom stereocenters. The highest BCUT2D eigenvalue weighted by Gasteiger charge is 2.30. The van der Waals surface area contributed by atoms with Gasteiger partial charge >= 0.3 is 0 Å². The molecule has 0 radical (unpaired) electrons. The Morgan fingerprint density at radius 3 is 2.59 bits per heavy atom. The van der Waals surface area contributed by atoms with E-state index in [1.54, 1.807) is 31.3 Å². The Morgan fingerprint density at radius 2 is 1.82 bits per heavy atom. The zero-order valence-electron chi connectivity index (χ0n) is 25.3. The van der Waals surface area contributed by atoms with Crippen molar-refractivity contribution in [2.24, 2.45) is 0 Å². The van der Waals surface area contributed by atoms with Gasteiger partial charge in [0.2, 0.25) is 0 Å². The van der Waals surface area contributed by atoms with Crippen LogP contribution in [0.5, 0.6) is 11.5 Å². The smallest absolute Gasteiger partial charge is 0.267 e. The van der Waals surface area contributed by atoms with Crippen molar-refractivity contribution in [3.63, 3.8) is 0 Å². The second-order valence-electron chi connectivity index (χ2n) is 11.4. The van der Waals surface area contributed by atoms with E-state index in [-0.39, 0.29) is 18.4 Å². The maximum atomic E-state index is 14.3. The molecule has 1 aromatic heterocycles. The Labute approximate surface area is 263 Å². The molecular weight excluding hydrogens is 576 g/mol. The fraction of sp³-hybridized carbons (Fsp3) is 0.314. The molecule has 2 aliphatic rings. The van der Waals surface area contributed by atoms with Gasteiger partial charge in [-0.2, -0.15) is 0 Å². The van der Waals surface area contributed by atoms with Crippen LogP contribution in [-0.4, -0.2) is 61.7 Å². The normalized spacial score (nSPS) is 16.2. The van der Waals surface area contributed by atoms with Gasteiger partial charge in [0.25, 0.3) is 11.8 Å². The van der Waals surface area contributed by atoms with Gasteiger partial charge in [0, 0.05) is 34.6 Å². The number of amides is 2. The lowest BCUT2D eigenvalue weighted by molar-refractivity contribution is 0.0940. The fourth-order valence-electron chi connectivity index (χ4n) is 6.37. The maximum absolute atomic E-state index is 14.3. The predicted molar refractivity (Wildman–Crippen MR) is 173 cm³/mol. The van der Waals surface area contributed by atoms with Crippen LogP contribution in [0.2, 0.25) is 5.02 Å². The molecule has 2 aliphatic heterocycles. The van der Waals surface area contributed by atoms with Gasteiger partial charge in [0.15, 0.2) is 0 Å². The molecule has 1 unspecified atom stereocenters. The van der Waals surface area contributed by atoms with Crippen LogP contribution in [0.3, 0.4) is 0 Å². The van der Waals surface area contributed by atoms with E-state index in [1.165, 1.54) is 12.8 Å². The summed E-state index contributed by atoms with van der Waals surface area (Å²) in [6.07, 6.45) is 3.32. The minimum atomic E-state index is -0.241. The molecule has 0 bridgehead atoms. The van der Waals surface area contributed by atoms with Crippen molar-refractivity contribution in [2.75, 3.05) is 39.3 Å². The zero-order chi connectivity index (χ0) is 30.8. The molecule has 2 amide bonds. The SMILES string of the molecule is COc1cccc(-c2cc(OC)c(C(=O)N3Cc4ccc(C(=O)NCCC5CCCN5C)n4Cc4ccccc43)cc2Cl)c1. The number of benzene rings is 3. The van der Waals surface area contributed by atoms with E-state index in [0.717, 1.165) is 41.0 Å². The van der Waals surface area contributed by atoms with Gasteiger partial charge in [-0.1, -0.05) is 41.9 Å². The van der Waals surface area contributed by atoms with Gasteiger partial charge in [0.1, 0.15) is 17.2 Å². The van der Waals surface area contributed by atoms with Crippen molar-refractivity contribution in [1.29, 1.82) is 0 Å². The second-order valence-corrected chi connectivity index (χ2v) is 11.8. The third kappa shape index (κ3) is 5.79. The van der Waals surface area contributed by atoms with E-state index in [9.17, 15) is 9.59 Å². The van der Waals surface area contributed by atoms with Crippen molar-refractivity contribution >= 4 is 29.1 Å². The van der Waals surface area contributed by atoms with Gasteiger partial charge in [-0.15, -0.1) is 0 Å². The molecule has 3 heterocycles. The summed E-state index contributed by atoms with van der Waals surface area (Å²) in [5.41, 5.74) is 5.13. The largest absolute Gasteiger partial charge is 0.497 e. The fourth-order valence-corrected chi connectivity index (χ4v) is 6.65. The number of para-hydroxylation sites is 1. The number of ether oxygens (including phenoxy) is 2. The van der Waals surface area contributed by atoms with Crippen LogP contribution in [0.25, 0.3) is 11.1 Å². The Bertz CT molecular complexity index is 1700. The molecule has 1 fully saturated rings. The summed E-state index contributed by atoms with van der Waals surface area (Å²) in [4.78, 5) is 31.8. The summed E-state index contributed by atoms with van der Waals surface area (Å²) in [6.45, 7) is 2.50. The average molecular weight is 613 g/mol. The van der Waals surface area contributed by atoms with Gasteiger partial charge < -0.3 is 29.2 Å². The third-order valence-electron chi connectivity index (χ3n) is 8.81. The molecule has 228 valence electrons. The molecule has 1 N–H and O–H groups in total. The van der Waals surface area contributed by atoms with Gasteiger partial charge in [-0.3, -0.25) is 9.59 Å². The monoisotopic (exact) mass is 612 g/mol. The summed E-state index contributed by atoms with van der Waals surface area (Å²) in [7, 11) is 5.31. The van der Waals surface area contributed by atoms with Gasteiger partial charge in [0.05, 0.1) is 32.9 Å². The molecule has 0 aliphatic carbocycles. The number of anilines is 1. The van der Waals surface area contributed by atoms with E-state index in [2.05, 4.69) is 17.3 Å². The van der Waals surface area contributed by atoms with Crippen molar-refractivity contribution in [2.45, 2.75) is 38.4 Å². The highest BCUT2D eigenvalue weighted by atomic mass is 35.5. The van der Waals surface area contributed by atoms with E-state index in [0.29, 0.717) is 46.9 Å². The van der Waals surface area contributed by atoms with E-state index >= 15 is 0 Å². The summed E-state index contributed by atoms with van der Waals surface area (Å²) >= 11 is 6.80. The van der Waals surface area contributed by atoms with Crippen LogP contribution in [0, 0.1) is 0 Å². The van der Waals surface area contributed by atoms with Crippen molar-refractivity contribution in [3.05, 3.63) is 100 Å². The quantitative estimate of drug-likeness (QED) is 0.255. The molecule has 6 rings (SSSR count). The minimum absolute atomic E-state index is 0.101. The number of aromatic nitrogens is 1. The molecule has 0 spiro atoms. The predicted octanol–water partition coefficient (Wildman–Crippen LogP) is 6.25. The second kappa shape index (κ2) is 12.8. The highest BCUT2D eigenvalue weighted by Crippen LogP contribution is 2.38. The molecule has 44 heavy (non-hydrogen) atoms. The number of carbonyl (C=O) groups is 2. The number of hydrogen-bond donors (Lipinski definition) is 1. The first-order chi connectivity index (χ1) is 21.4. The van der Waals surface area contributed by atoms with E-state index in [4.69, 9.17) is 21.1 Å². The molecule has 8 nitrogen and oxygen atoms in total. The summed E-state index contributed by atoms with van der Waals surface area (Å²) in [6, 6.07) is 23.2. The van der Waals surface area contributed by atoms with Crippen LogP contribution in [0.15, 0.2) is 72.8 Å². The summed E-state index contributed by atoms with van der Waals surface area (Å²) in [5.74, 6) is 0.782. The van der Waals surface area contributed by atoms with Crippen molar-refractivity contribution in [1.82, 2.24) is 14.8 Å². The lowest BCUT2D eigenvalue weighted by Gasteiger charge is -2.24. The number of hydrogen-bond acceptors (Lipinski definition) is 5. The first kappa shape index (κ1) is 29.8. The van der Waals surface area contributed by atoms with Crippen LogP contribution in [-0.2, 0) is 13.1 Å². The topological polar surface area (TPSA) is 76.0 Å². The number of nitrogens with one attached hydrogen (secondary N) is 1. The summed E-state index contributed by atoms with van der Waals surface area (Å²) in [5, 5.41) is 3.56. The highest BCUT2D eigenvalue weighted by molar-refractivity contribution is 6.34. The Hall–Kier alpha value is -4.27. The first-order valence-corrected chi connectivity index (χ1v) is 15.3. The molecule has 4 aromatic rings. The van der Waals surface area contributed by atoms with Crippen LogP contribution in [0.1, 0.15) is 51.4 Å².